The number of hydrogen-bond acceptors (Lipinski definition) is 0. The van der Waals surface area contributed by atoms with E-state index in [1.54, 1.807) is 0 Å². The highest BCUT2D eigenvalue weighted by Gasteiger charge is 1.37. The van der Waals surface area contributed by atoms with Gasteiger partial charge in [-0.1, -0.05) is 17.3 Å². The van der Waals surface area contributed by atoms with Gasteiger partial charge < -0.3 is 0 Å². The van der Waals surface area contributed by atoms with Crippen LogP contribution in [0.1, 0.15) is 0 Å². The van der Waals surface area contributed by atoms with E-state index in [4.69, 9.17) is 11.6 Å². The van der Waals surface area contributed by atoms with Gasteiger partial charge in [-0.05, 0) is 5.54 Å². The standard InChI is InChI=1S/C2H5ClSi/c3-1-2-4/h1-2H,4H3. The molecule has 0 aromatic rings. The second-order valence-corrected chi connectivity index (χ2v) is 1.38. The highest BCUT2D eigenvalue weighted by atomic mass is 35.5. The van der Waals surface area contributed by atoms with Crippen molar-refractivity contribution >= 4 is 21.8 Å². The first-order chi connectivity index (χ1) is 1.91. The molecule has 0 aromatic heterocycles. The summed E-state index contributed by atoms with van der Waals surface area (Å²) in [7, 11) is 1.08. The van der Waals surface area contributed by atoms with E-state index >= 15 is 0 Å². The van der Waals surface area contributed by atoms with Crippen LogP contribution in [0.3, 0.4) is 0 Å². The first-order valence-corrected chi connectivity index (χ1v) is 2.72. The summed E-state index contributed by atoms with van der Waals surface area (Å²) in [5, 5.41) is 0. The third-order valence-corrected chi connectivity index (χ3v) is 1.13. The summed E-state index contributed by atoms with van der Waals surface area (Å²) in [4.78, 5) is 0. The van der Waals surface area contributed by atoms with E-state index in [1.807, 2.05) is 5.70 Å². The molecule has 0 N–H and O–H groups in total. The van der Waals surface area contributed by atoms with Crippen LogP contribution in [0.25, 0.3) is 0 Å². The fourth-order valence-electron chi connectivity index (χ4n) is 0. The predicted octanol–water partition coefficient (Wildman–Crippen LogP) is 0.0618. The van der Waals surface area contributed by atoms with Gasteiger partial charge in [0, 0.05) is 10.2 Å². The Morgan fingerprint density at radius 2 is 2.00 bits per heavy atom. The van der Waals surface area contributed by atoms with Gasteiger partial charge in [0.15, 0.2) is 0 Å². The molecule has 0 atom stereocenters. The molecule has 0 fully saturated rings. The average Bonchev–Trinajstić information content (AvgIpc) is 1.37. The van der Waals surface area contributed by atoms with E-state index in [0.717, 1.165) is 10.2 Å². The Morgan fingerprint density at radius 1 is 1.75 bits per heavy atom. The second kappa shape index (κ2) is 3.25. The fourth-order valence-corrected chi connectivity index (χ4v) is 0. The molecule has 0 bridgehead atoms. The SMILES string of the molecule is [SiH3]C=CCl. The maximum atomic E-state index is 5.04. The van der Waals surface area contributed by atoms with Crippen LogP contribution in [-0.2, 0) is 0 Å². The van der Waals surface area contributed by atoms with Gasteiger partial charge in [0.2, 0.25) is 0 Å². The Balaban J connectivity index is 2.55. The third kappa shape index (κ3) is 2.25. The smallest absolute Gasteiger partial charge is 0.0302 e. The summed E-state index contributed by atoms with van der Waals surface area (Å²) < 4.78 is 0. The minimum atomic E-state index is 1.08. The Labute approximate surface area is 33.9 Å². The number of hydrogen-bond donors (Lipinski definition) is 0. The van der Waals surface area contributed by atoms with E-state index in [9.17, 15) is 0 Å². The molecule has 0 aromatic carbocycles. The topological polar surface area (TPSA) is 0 Å². The fraction of sp³-hybridized carbons (Fsp3) is 0. The van der Waals surface area contributed by atoms with Gasteiger partial charge in [-0.3, -0.25) is 0 Å². The number of halogens is 1. The summed E-state index contributed by atoms with van der Waals surface area (Å²) >= 11 is 5.04. The van der Waals surface area contributed by atoms with Crippen molar-refractivity contribution in [3.63, 3.8) is 0 Å². The van der Waals surface area contributed by atoms with Gasteiger partial charge in [0.25, 0.3) is 0 Å². The lowest BCUT2D eigenvalue weighted by molar-refractivity contribution is 2.50. The summed E-state index contributed by atoms with van der Waals surface area (Å²) in [5.41, 5.74) is 3.44. The van der Waals surface area contributed by atoms with Crippen LogP contribution < -0.4 is 0 Å². The van der Waals surface area contributed by atoms with Crippen LogP contribution in [0.4, 0.5) is 0 Å². The molecule has 0 amide bonds. The lowest BCUT2D eigenvalue weighted by Gasteiger charge is -1.46. The van der Waals surface area contributed by atoms with Crippen LogP contribution in [-0.4, -0.2) is 10.2 Å². The van der Waals surface area contributed by atoms with E-state index in [0.29, 0.717) is 0 Å². The Hall–Kier alpha value is 0.247. The van der Waals surface area contributed by atoms with Crippen molar-refractivity contribution < 1.29 is 0 Å². The molecule has 0 spiro atoms. The van der Waals surface area contributed by atoms with Crippen molar-refractivity contribution in [1.29, 1.82) is 0 Å². The van der Waals surface area contributed by atoms with Crippen molar-refractivity contribution in [3.05, 3.63) is 11.2 Å². The molecule has 0 radical (unpaired) electrons. The molecule has 24 valence electrons. The Bertz CT molecular complexity index is 21.2. The lowest BCUT2D eigenvalue weighted by atomic mass is 11.3. The third-order valence-electron chi connectivity index (χ3n) is 0.126. The summed E-state index contributed by atoms with van der Waals surface area (Å²) in [5.74, 6) is 0. The summed E-state index contributed by atoms with van der Waals surface area (Å²) in [6, 6.07) is 0. The molecule has 0 aliphatic carbocycles. The highest BCUT2D eigenvalue weighted by Crippen LogP contribution is 1.67. The van der Waals surface area contributed by atoms with Gasteiger partial charge in [0.1, 0.15) is 0 Å². The molecule has 4 heavy (non-hydrogen) atoms. The Kier molecular flexibility index (Phi) is 3.45. The molecule has 2 heteroatoms. The van der Waals surface area contributed by atoms with Crippen molar-refractivity contribution in [2.45, 2.75) is 0 Å². The first-order valence-electron chi connectivity index (χ1n) is 1.13. The maximum absolute atomic E-state index is 5.04. The van der Waals surface area contributed by atoms with Crippen molar-refractivity contribution in [2.75, 3.05) is 0 Å². The summed E-state index contributed by atoms with van der Waals surface area (Å²) in [6.07, 6.45) is 0. The molecule has 0 aliphatic rings. The molecular formula is C2H5ClSi. The minimum Gasteiger partial charge on any atom is -0.0943 e. The van der Waals surface area contributed by atoms with Crippen molar-refractivity contribution in [3.8, 4) is 0 Å². The second-order valence-electron chi connectivity index (χ2n) is 0.459. The molecular weight excluding hydrogens is 87.6 g/mol. The zero-order chi connectivity index (χ0) is 3.41. The quantitative estimate of drug-likeness (QED) is 0.371. The number of rotatable bonds is 0. The van der Waals surface area contributed by atoms with Crippen LogP contribution in [0.2, 0.25) is 0 Å². The van der Waals surface area contributed by atoms with E-state index in [2.05, 4.69) is 0 Å². The normalized spacial score (nSPS) is 10.2. The van der Waals surface area contributed by atoms with E-state index in [-0.39, 0.29) is 0 Å². The van der Waals surface area contributed by atoms with E-state index in [1.165, 1.54) is 5.54 Å². The van der Waals surface area contributed by atoms with Gasteiger partial charge in [-0.2, -0.15) is 0 Å². The molecule has 0 heterocycles. The van der Waals surface area contributed by atoms with Gasteiger partial charge in [0.05, 0.1) is 0 Å². The largest absolute Gasteiger partial charge is 0.0943 e. The van der Waals surface area contributed by atoms with Gasteiger partial charge in [-0.25, -0.2) is 0 Å². The maximum Gasteiger partial charge on any atom is 0.0302 e. The van der Waals surface area contributed by atoms with E-state index < -0.39 is 0 Å². The average molecular weight is 92.6 g/mol. The predicted molar refractivity (Wildman–Crippen MR) is 24.9 cm³/mol. The molecule has 0 saturated carbocycles. The molecule has 0 aliphatic heterocycles. The molecule has 0 nitrogen and oxygen atoms in total. The Morgan fingerprint density at radius 3 is 2.00 bits per heavy atom. The zero-order valence-corrected chi connectivity index (χ0v) is 5.29. The summed E-state index contributed by atoms with van der Waals surface area (Å²) in [6.45, 7) is 0. The van der Waals surface area contributed by atoms with Crippen molar-refractivity contribution in [1.82, 2.24) is 0 Å². The highest BCUT2D eigenvalue weighted by molar-refractivity contribution is 6.30. The van der Waals surface area contributed by atoms with Crippen LogP contribution in [0, 0.1) is 0 Å². The van der Waals surface area contributed by atoms with Crippen LogP contribution in [0.15, 0.2) is 11.2 Å². The lowest BCUT2D eigenvalue weighted by Crippen LogP contribution is -1.36. The first kappa shape index (κ1) is 4.25. The molecule has 0 unspecified atom stereocenters. The van der Waals surface area contributed by atoms with Crippen LogP contribution >= 0.6 is 11.6 Å². The molecule has 0 saturated heterocycles. The monoisotopic (exact) mass is 92.0 g/mol. The van der Waals surface area contributed by atoms with Crippen molar-refractivity contribution in [2.24, 2.45) is 0 Å². The minimum absolute atomic E-state index is 1.08. The zero-order valence-electron chi connectivity index (χ0n) is 2.53. The molecule has 0 rings (SSSR count). The van der Waals surface area contributed by atoms with Gasteiger partial charge in [-0.15, -0.1) is 0 Å². The van der Waals surface area contributed by atoms with Gasteiger partial charge >= 0.3 is 0 Å². The van der Waals surface area contributed by atoms with Crippen LogP contribution in [0.5, 0.6) is 0 Å².